The fourth-order valence-electron chi connectivity index (χ4n) is 2.92. The Labute approximate surface area is 208 Å². The van der Waals surface area contributed by atoms with Crippen molar-refractivity contribution < 1.29 is 59.3 Å². The zero-order chi connectivity index (χ0) is 28.3. The zero-order valence-corrected chi connectivity index (χ0v) is 19.0. The summed E-state index contributed by atoms with van der Waals surface area (Å²) in [6.45, 7) is 0. The Morgan fingerprint density at radius 1 is 0.921 bits per heavy atom. The minimum Gasteiger partial charge on any atom is -0.493 e. The second-order valence-corrected chi connectivity index (χ2v) is 7.00. The van der Waals surface area contributed by atoms with Crippen LogP contribution in [0.15, 0.2) is 42.7 Å². The SMILES string of the molecule is COC(=O)c1cc(NC(=O)c2c(Oc3ccc(OC(F)(F)F)cc3OC)cnc(C(F)(F)F)c2F)ccn1. The quantitative estimate of drug-likeness (QED) is 0.310. The standard InChI is InChI=1S/C22H14F7N3O6/c1-35-14-8-11(38-22(27,28)29)3-4-13(14)37-15-9-31-18(21(24,25)26)17(23)16(15)19(33)32-10-5-6-30-12(7-10)20(34)36-2/h3-9H,1-2H3,(H,30,32,33). The van der Waals surface area contributed by atoms with E-state index in [9.17, 15) is 40.3 Å². The predicted octanol–water partition coefficient (Wildman–Crippen LogP) is 5.37. The highest BCUT2D eigenvalue weighted by Crippen LogP contribution is 2.39. The van der Waals surface area contributed by atoms with Gasteiger partial charge in [-0.3, -0.25) is 4.79 Å². The third-order valence-corrected chi connectivity index (χ3v) is 4.48. The predicted molar refractivity (Wildman–Crippen MR) is 112 cm³/mol. The monoisotopic (exact) mass is 549 g/mol. The van der Waals surface area contributed by atoms with Crippen LogP contribution in [-0.2, 0) is 10.9 Å². The van der Waals surface area contributed by atoms with Gasteiger partial charge >= 0.3 is 18.5 Å². The summed E-state index contributed by atoms with van der Waals surface area (Å²) in [6, 6.07) is 4.56. The molecule has 0 aliphatic carbocycles. The van der Waals surface area contributed by atoms with Crippen LogP contribution in [0.1, 0.15) is 26.5 Å². The third-order valence-electron chi connectivity index (χ3n) is 4.48. The van der Waals surface area contributed by atoms with Gasteiger partial charge in [-0.1, -0.05) is 0 Å². The van der Waals surface area contributed by atoms with Gasteiger partial charge in [-0.15, -0.1) is 13.2 Å². The number of carbonyl (C=O) groups excluding carboxylic acids is 2. The van der Waals surface area contributed by atoms with Gasteiger partial charge in [-0.2, -0.15) is 13.2 Å². The number of hydrogen-bond acceptors (Lipinski definition) is 8. The molecular formula is C22H14F7N3O6. The van der Waals surface area contributed by atoms with E-state index in [1.807, 2.05) is 0 Å². The molecule has 1 amide bonds. The van der Waals surface area contributed by atoms with Gasteiger partial charge in [0.15, 0.2) is 28.8 Å². The fourth-order valence-corrected chi connectivity index (χ4v) is 2.92. The van der Waals surface area contributed by atoms with Crippen LogP contribution < -0.4 is 19.5 Å². The molecule has 0 unspecified atom stereocenters. The highest BCUT2D eigenvalue weighted by molar-refractivity contribution is 6.07. The highest BCUT2D eigenvalue weighted by atomic mass is 19.4. The van der Waals surface area contributed by atoms with E-state index in [1.165, 1.54) is 0 Å². The van der Waals surface area contributed by atoms with Crippen molar-refractivity contribution in [1.29, 1.82) is 0 Å². The topological polar surface area (TPSA) is 109 Å². The number of halogens is 7. The summed E-state index contributed by atoms with van der Waals surface area (Å²) in [7, 11) is 2.08. The second kappa shape index (κ2) is 10.8. The van der Waals surface area contributed by atoms with E-state index in [4.69, 9.17) is 9.47 Å². The van der Waals surface area contributed by atoms with Gasteiger partial charge < -0.3 is 24.3 Å². The van der Waals surface area contributed by atoms with Crippen molar-refractivity contribution in [2.75, 3.05) is 19.5 Å². The van der Waals surface area contributed by atoms with E-state index in [0.29, 0.717) is 6.20 Å². The van der Waals surface area contributed by atoms with Crippen molar-refractivity contribution in [1.82, 2.24) is 9.97 Å². The molecule has 9 nitrogen and oxygen atoms in total. The number of anilines is 1. The molecule has 3 aromatic rings. The van der Waals surface area contributed by atoms with Crippen LogP contribution in [0.5, 0.6) is 23.0 Å². The number of nitrogens with zero attached hydrogens (tertiary/aromatic N) is 2. The number of pyridine rings is 2. The lowest BCUT2D eigenvalue weighted by Gasteiger charge is -2.17. The maximum atomic E-state index is 15.0. The van der Waals surface area contributed by atoms with Gasteiger partial charge in [0.25, 0.3) is 5.91 Å². The van der Waals surface area contributed by atoms with Gasteiger partial charge in [-0.05, 0) is 24.3 Å². The van der Waals surface area contributed by atoms with Crippen LogP contribution in [0.25, 0.3) is 0 Å². The second-order valence-electron chi connectivity index (χ2n) is 7.00. The Bertz CT molecular complexity index is 1360. The van der Waals surface area contributed by atoms with E-state index in [2.05, 4.69) is 24.8 Å². The number of hydrogen-bond donors (Lipinski definition) is 1. The Morgan fingerprint density at radius 2 is 1.63 bits per heavy atom. The normalized spacial score (nSPS) is 11.5. The van der Waals surface area contributed by atoms with Gasteiger partial charge in [0.2, 0.25) is 0 Å². The van der Waals surface area contributed by atoms with E-state index in [1.54, 1.807) is 0 Å². The molecule has 0 aliphatic heterocycles. The van der Waals surface area contributed by atoms with Gasteiger partial charge in [0, 0.05) is 18.0 Å². The van der Waals surface area contributed by atoms with Crippen molar-refractivity contribution >= 4 is 17.6 Å². The van der Waals surface area contributed by atoms with Gasteiger partial charge in [0.1, 0.15) is 17.0 Å². The molecule has 0 saturated carbocycles. The maximum absolute atomic E-state index is 15.0. The Morgan fingerprint density at radius 3 is 2.24 bits per heavy atom. The Balaban J connectivity index is 2.04. The summed E-state index contributed by atoms with van der Waals surface area (Å²) in [5, 5.41) is 2.11. The van der Waals surface area contributed by atoms with Crippen LogP contribution >= 0.6 is 0 Å². The third kappa shape index (κ3) is 6.57. The van der Waals surface area contributed by atoms with Crippen molar-refractivity contribution in [2.45, 2.75) is 12.5 Å². The van der Waals surface area contributed by atoms with Gasteiger partial charge in [-0.25, -0.2) is 19.2 Å². The minimum absolute atomic E-state index is 0.174. The summed E-state index contributed by atoms with van der Waals surface area (Å²) < 4.78 is 111. The van der Waals surface area contributed by atoms with Crippen LogP contribution in [0, 0.1) is 5.82 Å². The number of esters is 1. The maximum Gasteiger partial charge on any atom is 0.573 e. The molecule has 0 atom stereocenters. The molecule has 202 valence electrons. The highest BCUT2D eigenvalue weighted by Gasteiger charge is 2.39. The van der Waals surface area contributed by atoms with Crippen molar-refractivity contribution in [2.24, 2.45) is 0 Å². The molecule has 0 radical (unpaired) electrons. The lowest BCUT2D eigenvalue weighted by Crippen LogP contribution is -2.20. The largest absolute Gasteiger partial charge is 0.573 e. The molecule has 0 aliphatic rings. The Kier molecular flexibility index (Phi) is 7.93. The molecule has 2 aromatic heterocycles. The summed E-state index contributed by atoms with van der Waals surface area (Å²) in [5.74, 6) is -6.86. The molecule has 2 heterocycles. The molecule has 3 rings (SSSR count). The van der Waals surface area contributed by atoms with Crippen molar-refractivity contribution in [3.05, 3.63) is 65.5 Å². The summed E-state index contributed by atoms with van der Waals surface area (Å²) >= 11 is 0. The van der Waals surface area contributed by atoms with Crippen LogP contribution in [0.2, 0.25) is 0 Å². The number of benzene rings is 1. The molecule has 0 bridgehead atoms. The average Bonchev–Trinajstić information content (AvgIpc) is 2.82. The molecule has 0 spiro atoms. The molecule has 16 heteroatoms. The van der Waals surface area contributed by atoms with Gasteiger partial charge in [0.05, 0.1) is 20.4 Å². The van der Waals surface area contributed by atoms with Crippen LogP contribution in [-0.4, -0.2) is 42.4 Å². The smallest absolute Gasteiger partial charge is 0.493 e. The van der Waals surface area contributed by atoms with E-state index in [-0.39, 0.29) is 11.4 Å². The number of amides is 1. The first kappa shape index (κ1) is 27.9. The number of aromatic nitrogens is 2. The number of alkyl halides is 6. The molecule has 1 aromatic carbocycles. The zero-order valence-electron chi connectivity index (χ0n) is 19.0. The number of nitrogens with one attached hydrogen (secondary N) is 1. The first-order chi connectivity index (χ1) is 17.7. The number of ether oxygens (including phenoxy) is 4. The van der Waals surface area contributed by atoms with Crippen LogP contribution in [0.4, 0.5) is 36.4 Å². The number of carbonyl (C=O) groups is 2. The molecule has 0 fully saturated rings. The lowest BCUT2D eigenvalue weighted by molar-refractivity contribution is -0.274. The first-order valence-corrected chi connectivity index (χ1v) is 9.96. The lowest BCUT2D eigenvalue weighted by atomic mass is 10.1. The summed E-state index contributed by atoms with van der Waals surface area (Å²) in [4.78, 5) is 31.2. The fraction of sp³-hybridized carbons (Fsp3) is 0.182. The summed E-state index contributed by atoms with van der Waals surface area (Å²) in [5.41, 5.74) is -3.76. The molecule has 0 saturated heterocycles. The van der Waals surface area contributed by atoms with E-state index in [0.717, 1.165) is 50.7 Å². The van der Waals surface area contributed by atoms with E-state index >= 15 is 0 Å². The number of rotatable bonds is 7. The first-order valence-electron chi connectivity index (χ1n) is 9.96. The average molecular weight is 549 g/mol. The van der Waals surface area contributed by atoms with Crippen molar-refractivity contribution in [3.63, 3.8) is 0 Å². The Hall–Kier alpha value is -4.63. The van der Waals surface area contributed by atoms with Crippen LogP contribution in [0.3, 0.4) is 0 Å². The van der Waals surface area contributed by atoms with Crippen molar-refractivity contribution in [3.8, 4) is 23.0 Å². The minimum atomic E-state index is -5.30. The summed E-state index contributed by atoms with van der Waals surface area (Å²) in [6.07, 6.45) is -8.88. The molecule has 1 N–H and O–H groups in total. The molecular weight excluding hydrogens is 535 g/mol. The number of methoxy groups -OCH3 is 2. The molecule has 38 heavy (non-hydrogen) atoms. The van der Waals surface area contributed by atoms with E-state index < -0.39 is 64.5 Å².